The van der Waals surface area contributed by atoms with E-state index in [2.05, 4.69) is 20.7 Å². The summed E-state index contributed by atoms with van der Waals surface area (Å²) in [6.07, 6.45) is 1.37. The average molecular weight is 318 g/mol. The molecule has 0 atom stereocenters. The van der Waals surface area contributed by atoms with Gasteiger partial charge < -0.3 is 10.2 Å². The van der Waals surface area contributed by atoms with E-state index in [0.29, 0.717) is 31.7 Å². The molecule has 1 aromatic heterocycles. The van der Waals surface area contributed by atoms with Gasteiger partial charge in [-0.1, -0.05) is 12.1 Å². The SMILES string of the molecule is O=C(c1n[nH]n(N=Cc2ccc(F)cc2)c1=O)N1CCNCC1. The molecule has 0 spiro atoms. The highest BCUT2D eigenvalue weighted by Crippen LogP contribution is 2.01. The number of nitrogens with zero attached hydrogens (tertiary/aromatic N) is 4. The number of carbonyl (C=O) groups excluding carboxylic acids is 1. The van der Waals surface area contributed by atoms with E-state index in [1.807, 2.05) is 0 Å². The average Bonchev–Trinajstić information content (AvgIpc) is 2.95. The second kappa shape index (κ2) is 6.53. The minimum Gasteiger partial charge on any atom is -0.335 e. The van der Waals surface area contributed by atoms with Gasteiger partial charge in [-0.3, -0.25) is 9.59 Å². The molecule has 2 aromatic rings. The van der Waals surface area contributed by atoms with Crippen molar-refractivity contribution in [1.29, 1.82) is 0 Å². The summed E-state index contributed by atoms with van der Waals surface area (Å²) in [5.74, 6) is -0.770. The van der Waals surface area contributed by atoms with Crippen LogP contribution in [0, 0.1) is 5.82 Å². The normalized spacial score (nSPS) is 15.3. The van der Waals surface area contributed by atoms with Gasteiger partial charge in [0, 0.05) is 26.2 Å². The molecule has 9 heteroatoms. The lowest BCUT2D eigenvalue weighted by molar-refractivity contribution is 0.0728. The fraction of sp³-hybridized carbons (Fsp3) is 0.286. The number of hydrogen-bond acceptors (Lipinski definition) is 5. The van der Waals surface area contributed by atoms with Crippen LogP contribution in [0.2, 0.25) is 0 Å². The molecule has 1 fully saturated rings. The Kier molecular flexibility index (Phi) is 4.29. The zero-order valence-electron chi connectivity index (χ0n) is 12.2. The van der Waals surface area contributed by atoms with Gasteiger partial charge in [0.1, 0.15) is 5.82 Å². The van der Waals surface area contributed by atoms with Gasteiger partial charge in [-0.2, -0.15) is 10.3 Å². The number of piperazine rings is 1. The number of H-pyrrole nitrogens is 1. The Morgan fingerprint density at radius 3 is 2.65 bits per heavy atom. The Morgan fingerprint density at radius 1 is 1.26 bits per heavy atom. The van der Waals surface area contributed by atoms with Gasteiger partial charge in [0.15, 0.2) is 0 Å². The van der Waals surface area contributed by atoms with E-state index in [0.717, 1.165) is 4.79 Å². The van der Waals surface area contributed by atoms with E-state index in [4.69, 9.17) is 0 Å². The molecular weight excluding hydrogens is 303 g/mol. The highest BCUT2D eigenvalue weighted by Gasteiger charge is 2.24. The van der Waals surface area contributed by atoms with Crippen molar-refractivity contribution in [2.24, 2.45) is 5.10 Å². The minimum atomic E-state index is -0.619. The van der Waals surface area contributed by atoms with Gasteiger partial charge in [0.05, 0.1) is 6.21 Å². The summed E-state index contributed by atoms with van der Waals surface area (Å²) in [6, 6.07) is 5.62. The molecule has 0 unspecified atom stereocenters. The maximum Gasteiger partial charge on any atom is 0.320 e. The van der Waals surface area contributed by atoms with Crippen LogP contribution in [-0.4, -0.2) is 58.3 Å². The molecular formula is C14H15FN6O2. The molecule has 1 amide bonds. The smallest absolute Gasteiger partial charge is 0.320 e. The highest BCUT2D eigenvalue weighted by molar-refractivity contribution is 5.92. The van der Waals surface area contributed by atoms with Crippen molar-refractivity contribution >= 4 is 12.1 Å². The van der Waals surface area contributed by atoms with Crippen molar-refractivity contribution in [2.45, 2.75) is 0 Å². The largest absolute Gasteiger partial charge is 0.335 e. The number of hydrogen-bond donors (Lipinski definition) is 2. The van der Waals surface area contributed by atoms with E-state index >= 15 is 0 Å². The maximum atomic E-state index is 12.8. The third kappa shape index (κ3) is 3.34. The van der Waals surface area contributed by atoms with Crippen LogP contribution in [0.5, 0.6) is 0 Å². The Hall–Kier alpha value is -2.81. The molecule has 8 nitrogen and oxygen atoms in total. The predicted octanol–water partition coefficient (Wildman–Crippen LogP) is -0.362. The lowest BCUT2D eigenvalue weighted by Gasteiger charge is -2.26. The first-order valence-electron chi connectivity index (χ1n) is 7.12. The first-order chi connectivity index (χ1) is 11.1. The lowest BCUT2D eigenvalue weighted by Crippen LogP contribution is -2.47. The van der Waals surface area contributed by atoms with Gasteiger partial charge in [0.25, 0.3) is 5.91 Å². The van der Waals surface area contributed by atoms with Crippen LogP contribution in [0.15, 0.2) is 34.2 Å². The third-order valence-electron chi connectivity index (χ3n) is 3.45. The van der Waals surface area contributed by atoms with Crippen molar-refractivity contribution in [2.75, 3.05) is 26.2 Å². The molecule has 0 aliphatic carbocycles. The summed E-state index contributed by atoms with van der Waals surface area (Å²) < 4.78 is 12.8. The number of rotatable bonds is 3. The summed E-state index contributed by atoms with van der Waals surface area (Å²) in [7, 11) is 0. The number of halogens is 1. The van der Waals surface area contributed by atoms with Crippen molar-refractivity contribution in [3.63, 3.8) is 0 Å². The van der Waals surface area contributed by atoms with Crippen LogP contribution < -0.4 is 10.9 Å². The second-order valence-corrected chi connectivity index (χ2v) is 5.02. The Balaban J connectivity index is 1.77. The number of carbonyl (C=O) groups is 1. The molecule has 0 radical (unpaired) electrons. The zero-order chi connectivity index (χ0) is 16.2. The quantitative estimate of drug-likeness (QED) is 0.755. The standard InChI is InChI=1S/C14H15FN6O2/c15-11-3-1-10(2-4-11)9-17-21-14(23)12(18-19-21)13(22)20-7-5-16-6-8-20/h1-4,9,16,19H,5-8H2. The molecule has 2 heterocycles. The minimum absolute atomic E-state index is 0.192. The highest BCUT2D eigenvalue weighted by atomic mass is 19.1. The van der Waals surface area contributed by atoms with Gasteiger partial charge in [-0.25, -0.2) is 4.39 Å². The van der Waals surface area contributed by atoms with E-state index in [-0.39, 0.29) is 11.5 Å². The monoisotopic (exact) mass is 318 g/mol. The molecule has 1 saturated heterocycles. The van der Waals surface area contributed by atoms with Gasteiger partial charge in [0.2, 0.25) is 5.69 Å². The van der Waals surface area contributed by atoms with Crippen molar-refractivity contribution in [3.05, 3.63) is 51.7 Å². The van der Waals surface area contributed by atoms with Crippen molar-refractivity contribution in [3.8, 4) is 0 Å². The van der Waals surface area contributed by atoms with E-state index in [1.54, 1.807) is 4.90 Å². The topological polar surface area (TPSA) is 95.4 Å². The summed E-state index contributed by atoms with van der Waals surface area (Å²) >= 11 is 0. The summed E-state index contributed by atoms with van der Waals surface area (Å²) in [4.78, 5) is 26.9. The van der Waals surface area contributed by atoms with Crippen LogP contribution in [0.1, 0.15) is 16.1 Å². The molecule has 3 rings (SSSR count). The molecule has 120 valence electrons. The maximum absolute atomic E-state index is 12.8. The van der Waals surface area contributed by atoms with E-state index in [1.165, 1.54) is 30.5 Å². The fourth-order valence-electron chi connectivity index (χ4n) is 2.20. The Morgan fingerprint density at radius 2 is 1.96 bits per heavy atom. The van der Waals surface area contributed by atoms with Crippen LogP contribution in [-0.2, 0) is 0 Å². The molecule has 1 aromatic carbocycles. The van der Waals surface area contributed by atoms with Crippen molar-refractivity contribution < 1.29 is 9.18 Å². The predicted molar refractivity (Wildman–Crippen MR) is 81.0 cm³/mol. The van der Waals surface area contributed by atoms with Crippen LogP contribution in [0.4, 0.5) is 4.39 Å². The Labute approximate surface area is 130 Å². The summed E-state index contributed by atoms with van der Waals surface area (Å²) in [5, 5.41) is 13.2. The van der Waals surface area contributed by atoms with Crippen LogP contribution in [0.3, 0.4) is 0 Å². The van der Waals surface area contributed by atoms with E-state index in [9.17, 15) is 14.0 Å². The van der Waals surface area contributed by atoms with Gasteiger partial charge in [-0.15, -0.1) is 9.89 Å². The van der Waals surface area contributed by atoms with E-state index < -0.39 is 11.5 Å². The molecule has 23 heavy (non-hydrogen) atoms. The number of aromatic amines is 1. The fourth-order valence-corrected chi connectivity index (χ4v) is 2.20. The first kappa shape index (κ1) is 15.1. The molecule has 2 N–H and O–H groups in total. The zero-order valence-corrected chi connectivity index (χ0v) is 12.2. The summed E-state index contributed by atoms with van der Waals surface area (Å²) in [6.45, 7) is 2.44. The number of amides is 1. The van der Waals surface area contributed by atoms with Crippen LogP contribution in [0.25, 0.3) is 0 Å². The van der Waals surface area contributed by atoms with Crippen LogP contribution >= 0.6 is 0 Å². The number of aromatic nitrogens is 3. The first-order valence-corrected chi connectivity index (χ1v) is 7.12. The summed E-state index contributed by atoms with van der Waals surface area (Å²) in [5.41, 5.74) is -0.196. The molecule has 0 bridgehead atoms. The second-order valence-electron chi connectivity index (χ2n) is 5.02. The Bertz CT molecular complexity index is 773. The molecule has 1 aliphatic rings. The molecule has 0 saturated carbocycles. The molecule has 1 aliphatic heterocycles. The third-order valence-corrected chi connectivity index (χ3v) is 3.45. The van der Waals surface area contributed by atoms with Gasteiger partial charge >= 0.3 is 5.56 Å². The lowest BCUT2D eigenvalue weighted by atomic mass is 10.2. The van der Waals surface area contributed by atoms with Crippen molar-refractivity contribution in [1.82, 2.24) is 25.3 Å². The van der Waals surface area contributed by atoms with Gasteiger partial charge in [-0.05, 0) is 17.7 Å². The number of benzene rings is 1. The number of nitrogens with one attached hydrogen (secondary N) is 2.